The highest BCUT2D eigenvalue weighted by atomic mass is 35.5. The molecule has 1 rings (SSSR count). The van der Waals surface area contributed by atoms with Gasteiger partial charge < -0.3 is 4.90 Å². The predicted molar refractivity (Wildman–Crippen MR) is 55.3 cm³/mol. The fraction of sp³-hybridized carbons (Fsp3) is 0.556. The van der Waals surface area contributed by atoms with E-state index in [4.69, 9.17) is 11.6 Å². The van der Waals surface area contributed by atoms with E-state index < -0.39 is 0 Å². The third-order valence-electron chi connectivity index (χ3n) is 1.73. The van der Waals surface area contributed by atoms with Crippen molar-refractivity contribution in [2.75, 3.05) is 23.9 Å². The number of hydrogen-bond donors (Lipinski definition) is 0. The first kappa shape index (κ1) is 10.3. The van der Waals surface area contributed by atoms with Crippen LogP contribution in [0.1, 0.15) is 13.3 Å². The molecule has 0 saturated heterocycles. The Kier molecular flexibility index (Phi) is 4.54. The molecule has 0 amide bonds. The molecule has 0 fully saturated rings. The molecule has 0 aliphatic rings. The predicted octanol–water partition coefficient (Wildman–Crippen LogP) is 1.93. The smallest absolute Gasteiger partial charge is 0.151 e. The quantitative estimate of drug-likeness (QED) is 0.679. The molecule has 0 spiro atoms. The number of halogens is 1. The van der Waals surface area contributed by atoms with Crippen molar-refractivity contribution in [3.63, 3.8) is 0 Å². The van der Waals surface area contributed by atoms with E-state index in [1.807, 2.05) is 12.1 Å². The van der Waals surface area contributed by atoms with E-state index in [1.54, 1.807) is 6.20 Å². The third kappa shape index (κ3) is 3.19. The van der Waals surface area contributed by atoms with Gasteiger partial charge in [0.25, 0.3) is 0 Å². The fourth-order valence-corrected chi connectivity index (χ4v) is 1.38. The molecule has 1 aromatic heterocycles. The highest BCUT2D eigenvalue weighted by Gasteiger charge is 2.04. The summed E-state index contributed by atoms with van der Waals surface area (Å²) >= 11 is 5.69. The van der Waals surface area contributed by atoms with Gasteiger partial charge >= 0.3 is 0 Å². The second kappa shape index (κ2) is 5.75. The summed E-state index contributed by atoms with van der Waals surface area (Å²) in [5.74, 6) is 1.53. The van der Waals surface area contributed by atoms with Crippen LogP contribution in [0.4, 0.5) is 5.82 Å². The van der Waals surface area contributed by atoms with Gasteiger partial charge in [-0.3, -0.25) is 0 Å². The van der Waals surface area contributed by atoms with Gasteiger partial charge in [0.2, 0.25) is 0 Å². The lowest BCUT2D eigenvalue weighted by atomic mass is 10.4. The van der Waals surface area contributed by atoms with E-state index in [0.29, 0.717) is 5.88 Å². The first-order chi connectivity index (χ1) is 6.38. The van der Waals surface area contributed by atoms with Crippen LogP contribution < -0.4 is 4.90 Å². The summed E-state index contributed by atoms with van der Waals surface area (Å²) in [6.07, 6.45) is 2.77. The van der Waals surface area contributed by atoms with Crippen molar-refractivity contribution in [1.82, 2.24) is 10.2 Å². The monoisotopic (exact) mass is 199 g/mol. The van der Waals surface area contributed by atoms with Crippen molar-refractivity contribution >= 4 is 17.4 Å². The number of aromatic nitrogens is 2. The van der Waals surface area contributed by atoms with Crippen LogP contribution in [0.5, 0.6) is 0 Å². The minimum absolute atomic E-state index is 0.622. The van der Waals surface area contributed by atoms with Crippen molar-refractivity contribution in [3.8, 4) is 0 Å². The lowest BCUT2D eigenvalue weighted by Gasteiger charge is -2.20. The number of rotatable bonds is 5. The van der Waals surface area contributed by atoms with Gasteiger partial charge in [-0.2, -0.15) is 5.10 Å². The molecule has 0 atom stereocenters. The Morgan fingerprint density at radius 2 is 2.31 bits per heavy atom. The number of nitrogens with zero attached hydrogens (tertiary/aromatic N) is 3. The molecule has 0 aliphatic carbocycles. The van der Waals surface area contributed by atoms with Crippen molar-refractivity contribution in [3.05, 3.63) is 18.3 Å². The van der Waals surface area contributed by atoms with Crippen LogP contribution in [0.25, 0.3) is 0 Å². The average molecular weight is 200 g/mol. The van der Waals surface area contributed by atoms with Gasteiger partial charge in [0, 0.05) is 25.2 Å². The summed E-state index contributed by atoms with van der Waals surface area (Å²) in [7, 11) is 0. The van der Waals surface area contributed by atoms with Gasteiger partial charge in [-0.25, -0.2) is 0 Å². The normalized spacial score (nSPS) is 10.0. The Labute approximate surface area is 83.7 Å². The summed E-state index contributed by atoms with van der Waals surface area (Å²) in [5.41, 5.74) is 0. The summed E-state index contributed by atoms with van der Waals surface area (Å²) in [6.45, 7) is 3.94. The Morgan fingerprint density at radius 1 is 1.46 bits per heavy atom. The topological polar surface area (TPSA) is 29.0 Å². The molecule has 4 heteroatoms. The Balaban J connectivity index is 2.64. The Hall–Kier alpha value is -0.830. The third-order valence-corrected chi connectivity index (χ3v) is 1.90. The maximum Gasteiger partial charge on any atom is 0.151 e. The first-order valence-corrected chi connectivity index (χ1v) is 5.00. The van der Waals surface area contributed by atoms with Gasteiger partial charge in [0.1, 0.15) is 0 Å². The number of alkyl halides is 1. The highest BCUT2D eigenvalue weighted by Crippen LogP contribution is 2.08. The summed E-state index contributed by atoms with van der Waals surface area (Å²) in [4.78, 5) is 2.14. The van der Waals surface area contributed by atoms with Crippen molar-refractivity contribution in [2.24, 2.45) is 0 Å². The molecule has 0 N–H and O–H groups in total. The largest absolute Gasteiger partial charge is 0.354 e. The Bertz CT molecular complexity index is 222. The van der Waals surface area contributed by atoms with Crippen LogP contribution in [-0.4, -0.2) is 29.2 Å². The van der Waals surface area contributed by atoms with E-state index in [9.17, 15) is 0 Å². The van der Waals surface area contributed by atoms with Gasteiger partial charge in [0.15, 0.2) is 5.82 Å². The molecule has 3 nitrogen and oxygen atoms in total. The molecule has 0 radical (unpaired) electrons. The van der Waals surface area contributed by atoms with Crippen LogP contribution in [0.2, 0.25) is 0 Å². The minimum atomic E-state index is 0.622. The molecule has 0 aromatic carbocycles. The maximum absolute atomic E-state index is 5.69. The molecular weight excluding hydrogens is 186 g/mol. The molecule has 1 aromatic rings. The zero-order valence-electron chi connectivity index (χ0n) is 7.78. The lowest BCUT2D eigenvalue weighted by Crippen LogP contribution is -2.27. The fourth-order valence-electron chi connectivity index (χ4n) is 1.17. The highest BCUT2D eigenvalue weighted by molar-refractivity contribution is 6.18. The van der Waals surface area contributed by atoms with Crippen LogP contribution >= 0.6 is 11.6 Å². The van der Waals surface area contributed by atoms with Gasteiger partial charge in [-0.1, -0.05) is 6.92 Å². The summed E-state index contributed by atoms with van der Waals surface area (Å²) in [5, 5.41) is 7.87. The van der Waals surface area contributed by atoms with E-state index in [1.165, 1.54) is 0 Å². The molecule has 0 bridgehead atoms. The molecule has 13 heavy (non-hydrogen) atoms. The van der Waals surface area contributed by atoms with Gasteiger partial charge in [0.05, 0.1) is 0 Å². The van der Waals surface area contributed by atoms with Crippen molar-refractivity contribution < 1.29 is 0 Å². The molecule has 1 heterocycles. The Morgan fingerprint density at radius 3 is 2.85 bits per heavy atom. The molecule has 0 saturated carbocycles. The maximum atomic E-state index is 5.69. The lowest BCUT2D eigenvalue weighted by molar-refractivity contribution is 0.769. The first-order valence-electron chi connectivity index (χ1n) is 4.47. The second-order valence-corrected chi connectivity index (χ2v) is 3.14. The average Bonchev–Trinajstić information content (AvgIpc) is 2.19. The number of anilines is 1. The standard InChI is InChI=1S/C9H14ClN3/c1-2-7-13(8-5-10)9-4-3-6-11-12-9/h3-4,6H,2,5,7-8H2,1H3. The van der Waals surface area contributed by atoms with Crippen LogP contribution in [0.3, 0.4) is 0 Å². The van der Waals surface area contributed by atoms with Gasteiger partial charge in [-0.15, -0.1) is 16.7 Å². The number of hydrogen-bond acceptors (Lipinski definition) is 3. The van der Waals surface area contributed by atoms with Crippen LogP contribution in [0.15, 0.2) is 18.3 Å². The molecule has 72 valence electrons. The van der Waals surface area contributed by atoms with E-state index in [2.05, 4.69) is 22.0 Å². The van der Waals surface area contributed by atoms with Crippen LogP contribution in [-0.2, 0) is 0 Å². The van der Waals surface area contributed by atoms with Crippen LogP contribution in [0, 0.1) is 0 Å². The summed E-state index contributed by atoms with van der Waals surface area (Å²) in [6, 6.07) is 3.84. The van der Waals surface area contributed by atoms with E-state index >= 15 is 0 Å². The minimum Gasteiger partial charge on any atom is -0.354 e. The SMILES string of the molecule is CCCN(CCCl)c1cccnn1. The molecule has 0 unspecified atom stereocenters. The van der Waals surface area contributed by atoms with Crippen molar-refractivity contribution in [1.29, 1.82) is 0 Å². The van der Waals surface area contributed by atoms with Crippen molar-refractivity contribution in [2.45, 2.75) is 13.3 Å². The van der Waals surface area contributed by atoms with Gasteiger partial charge in [-0.05, 0) is 18.6 Å². The second-order valence-electron chi connectivity index (χ2n) is 2.76. The molecular formula is C9H14ClN3. The zero-order valence-corrected chi connectivity index (χ0v) is 8.54. The summed E-state index contributed by atoms with van der Waals surface area (Å²) < 4.78 is 0. The zero-order chi connectivity index (χ0) is 9.52. The molecule has 0 aliphatic heterocycles. The van der Waals surface area contributed by atoms with E-state index in [-0.39, 0.29) is 0 Å². The van der Waals surface area contributed by atoms with E-state index in [0.717, 1.165) is 25.3 Å².